The molecule has 1 N–H and O–H groups in total. The van der Waals surface area contributed by atoms with Crippen LogP contribution in [-0.2, 0) is 0 Å². The summed E-state index contributed by atoms with van der Waals surface area (Å²) in [5.41, 5.74) is 1.31. The lowest BCUT2D eigenvalue weighted by atomic mass is 10.1. The van der Waals surface area contributed by atoms with E-state index in [9.17, 15) is 4.79 Å². The van der Waals surface area contributed by atoms with E-state index in [0.717, 1.165) is 18.4 Å². The third-order valence-corrected chi connectivity index (χ3v) is 4.60. The molecule has 1 aliphatic rings. The molecule has 1 fully saturated rings. The van der Waals surface area contributed by atoms with E-state index in [-0.39, 0.29) is 17.9 Å². The molecular weight excluding hydrogens is 332 g/mol. The first-order chi connectivity index (χ1) is 12.6. The van der Waals surface area contributed by atoms with Crippen LogP contribution in [0.4, 0.5) is 0 Å². The average molecular weight is 352 g/mol. The first kappa shape index (κ1) is 16.4. The van der Waals surface area contributed by atoms with E-state index in [4.69, 9.17) is 4.52 Å². The van der Waals surface area contributed by atoms with Crippen LogP contribution in [-0.4, -0.2) is 42.7 Å². The predicted molar refractivity (Wildman–Crippen MR) is 93.2 cm³/mol. The molecule has 1 aromatic carbocycles. The Balaban J connectivity index is 1.65. The monoisotopic (exact) mass is 352 g/mol. The van der Waals surface area contributed by atoms with Crippen molar-refractivity contribution in [3.63, 3.8) is 0 Å². The molecule has 0 spiro atoms. The fourth-order valence-corrected chi connectivity index (χ4v) is 3.25. The van der Waals surface area contributed by atoms with Crippen molar-refractivity contribution in [2.45, 2.75) is 38.6 Å². The second-order valence-electron chi connectivity index (χ2n) is 6.68. The van der Waals surface area contributed by atoms with Gasteiger partial charge in [-0.3, -0.25) is 9.89 Å². The van der Waals surface area contributed by atoms with E-state index in [0.29, 0.717) is 29.6 Å². The van der Waals surface area contributed by atoms with Crippen LogP contribution in [0, 0.1) is 0 Å². The standard InChI is InChI=1S/C18H20N6O2/c1-11(2)15-21-17(26-23-15)14-8-5-9-24(14)18(25)13-7-4-3-6-12(13)16-19-10-20-22-16/h3-4,6-7,10-11,14H,5,8-9H2,1-2H3,(H,19,20,22)/t14-/m0/s1. The third kappa shape index (κ3) is 2.87. The van der Waals surface area contributed by atoms with Crippen molar-refractivity contribution < 1.29 is 9.32 Å². The molecule has 3 aromatic rings. The largest absolute Gasteiger partial charge is 0.337 e. The number of H-pyrrole nitrogens is 1. The second-order valence-corrected chi connectivity index (χ2v) is 6.68. The van der Waals surface area contributed by atoms with Crippen LogP contribution in [0.1, 0.15) is 60.7 Å². The number of amides is 1. The maximum absolute atomic E-state index is 13.3. The van der Waals surface area contributed by atoms with Gasteiger partial charge in [0, 0.05) is 18.0 Å². The zero-order chi connectivity index (χ0) is 18.1. The quantitative estimate of drug-likeness (QED) is 0.775. The molecule has 0 bridgehead atoms. The molecule has 0 unspecified atom stereocenters. The van der Waals surface area contributed by atoms with Gasteiger partial charge < -0.3 is 9.42 Å². The number of aromatic amines is 1. The van der Waals surface area contributed by atoms with Gasteiger partial charge in [-0.15, -0.1) is 0 Å². The van der Waals surface area contributed by atoms with Gasteiger partial charge in [-0.25, -0.2) is 4.98 Å². The van der Waals surface area contributed by atoms with Crippen LogP contribution >= 0.6 is 0 Å². The van der Waals surface area contributed by atoms with Crippen LogP contribution in [0.3, 0.4) is 0 Å². The average Bonchev–Trinajstić information content (AvgIpc) is 3.41. The number of aromatic nitrogens is 5. The molecule has 26 heavy (non-hydrogen) atoms. The lowest BCUT2D eigenvalue weighted by Crippen LogP contribution is -2.31. The maximum atomic E-state index is 13.3. The highest BCUT2D eigenvalue weighted by Gasteiger charge is 2.35. The summed E-state index contributed by atoms with van der Waals surface area (Å²) in [5, 5.41) is 10.7. The number of hydrogen-bond donors (Lipinski definition) is 1. The predicted octanol–water partition coefficient (Wildman–Crippen LogP) is 2.96. The lowest BCUT2D eigenvalue weighted by molar-refractivity contribution is 0.0711. The Morgan fingerprint density at radius 1 is 1.35 bits per heavy atom. The van der Waals surface area contributed by atoms with Gasteiger partial charge in [-0.05, 0) is 18.9 Å². The minimum absolute atomic E-state index is 0.0659. The Bertz CT molecular complexity index is 902. The van der Waals surface area contributed by atoms with Crippen LogP contribution in [0.5, 0.6) is 0 Å². The van der Waals surface area contributed by atoms with E-state index >= 15 is 0 Å². The number of rotatable bonds is 4. The molecule has 1 aliphatic heterocycles. The molecule has 8 nitrogen and oxygen atoms in total. The van der Waals surface area contributed by atoms with E-state index in [1.165, 1.54) is 6.33 Å². The van der Waals surface area contributed by atoms with Crippen molar-refractivity contribution in [2.75, 3.05) is 6.54 Å². The lowest BCUT2D eigenvalue weighted by Gasteiger charge is -2.22. The Labute approximate surface area is 150 Å². The number of carbonyl (C=O) groups excluding carboxylic acids is 1. The van der Waals surface area contributed by atoms with Gasteiger partial charge >= 0.3 is 0 Å². The summed E-state index contributed by atoms with van der Waals surface area (Å²) in [6.07, 6.45) is 3.15. The number of carbonyl (C=O) groups is 1. The summed E-state index contributed by atoms with van der Waals surface area (Å²) in [7, 11) is 0. The molecule has 3 heterocycles. The van der Waals surface area contributed by atoms with Gasteiger partial charge in [0.05, 0.1) is 5.56 Å². The van der Waals surface area contributed by atoms with Gasteiger partial charge in [0.1, 0.15) is 12.4 Å². The van der Waals surface area contributed by atoms with Crippen molar-refractivity contribution in [2.24, 2.45) is 0 Å². The molecule has 0 radical (unpaired) electrons. The summed E-state index contributed by atoms with van der Waals surface area (Å²) < 4.78 is 5.45. The molecule has 0 saturated carbocycles. The SMILES string of the molecule is CC(C)c1noc([C@@H]2CCCN2C(=O)c2ccccc2-c2ncn[nH]2)n1. The van der Waals surface area contributed by atoms with Crippen LogP contribution in [0.15, 0.2) is 35.1 Å². The van der Waals surface area contributed by atoms with Gasteiger partial charge in [-0.1, -0.05) is 37.2 Å². The summed E-state index contributed by atoms with van der Waals surface area (Å²) in [6, 6.07) is 7.21. The first-order valence-corrected chi connectivity index (χ1v) is 8.74. The number of benzene rings is 1. The molecule has 2 aromatic heterocycles. The van der Waals surface area contributed by atoms with Crippen molar-refractivity contribution in [1.82, 2.24) is 30.2 Å². The second kappa shape index (κ2) is 6.70. The third-order valence-electron chi connectivity index (χ3n) is 4.60. The Morgan fingerprint density at radius 2 is 2.19 bits per heavy atom. The molecule has 1 saturated heterocycles. The van der Waals surface area contributed by atoms with Gasteiger partial charge in [0.2, 0.25) is 5.89 Å². The van der Waals surface area contributed by atoms with Crippen LogP contribution in [0.25, 0.3) is 11.4 Å². The van der Waals surface area contributed by atoms with E-state index in [2.05, 4.69) is 25.3 Å². The Hall–Kier alpha value is -3.03. The van der Waals surface area contributed by atoms with Crippen molar-refractivity contribution >= 4 is 5.91 Å². The topological polar surface area (TPSA) is 101 Å². The fraction of sp³-hybridized carbons (Fsp3) is 0.389. The van der Waals surface area contributed by atoms with Crippen molar-refractivity contribution in [1.29, 1.82) is 0 Å². The fourth-order valence-electron chi connectivity index (χ4n) is 3.25. The minimum atomic E-state index is -0.190. The van der Waals surface area contributed by atoms with E-state index in [1.54, 1.807) is 0 Å². The summed E-state index contributed by atoms with van der Waals surface area (Å²) in [4.78, 5) is 23.7. The van der Waals surface area contributed by atoms with Crippen molar-refractivity contribution in [3.8, 4) is 11.4 Å². The van der Waals surface area contributed by atoms with Crippen molar-refractivity contribution in [3.05, 3.63) is 47.9 Å². The molecule has 0 aliphatic carbocycles. The summed E-state index contributed by atoms with van der Waals surface area (Å²) >= 11 is 0. The number of likely N-dealkylation sites (tertiary alicyclic amines) is 1. The number of nitrogens with one attached hydrogen (secondary N) is 1. The molecule has 4 rings (SSSR count). The molecule has 8 heteroatoms. The highest BCUT2D eigenvalue weighted by molar-refractivity contribution is 6.00. The summed E-state index contributed by atoms with van der Waals surface area (Å²) in [5.74, 6) is 1.87. The highest BCUT2D eigenvalue weighted by Crippen LogP contribution is 2.34. The molecular formula is C18H20N6O2. The Kier molecular flexibility index (Phi) is 4.24. The van der Waals surface area contributed by atoms with E-state index in [1.807, 2.05) is 43.0 Å². The first-order valence-electron chi connectivity index (χ1n) is 8.74. The van der Waals surface area contributed by atoms with E-state index < -0.39 is 0 Å². The maximum Gasteiger partial charge on any atom is 0.255 e. The van der Waals surface area contributed by atoms with Gasteiger partial charge in [0.25, 0.3) is 5.91 Å². The smallest absolute Gasteiger partial charge is 0.255 e. The number of nitrogens with zero attached hydrogens (tertiary/aromatic N) is 5. The number of hydrogen-bond acceptors (Lipinski definition) is 6. The minimum Gasteiger partial charge on any atom is -0.337 e. The normalized spacial score (nSPS) is 17.2. The van der Waals surface area contributed by atoms with Gasteiger partial charge in [-0.2, -0.15) is 10.1 Å². The van der Waals surface area contributed by atoms with Crippen LogP contribution in [0.2, 0.25) is 0 Å². The zero-order valence-electron chi connectivity index (χ0n) is 14.7. The molecule has 134 valence electrons. The summed E-state index contributed by atoms with van der Waals surface area (Å²) in [6.45, 7) is 4.69. The Morgan fingerprint density at radius 3 is 2.92 bits per heavy atom. The zero-order valence-corrected chi connectivity index (χ0v) is 14.7. The van der Waals surface area contributed by atoms with Crippen LogP contribution < -0.4 is 0 Å². The molecule has 1 amide bonds. The van der Waals surface area contributed by atoms with Gasteiger partial charge in [0.15, 0.2) is 11.6 Å². The molecule has 1 atom stereocenters. The highest BCUT2D eigenvalue weighted by atomic mass is 16.5.